The minimum absolute atomic E-state index is 0.00937. The van der Waals surface area contributed by atoms with Crippen molar-refractivity contribution in [2.24, 2.45) is 11.8 Å². The van der Waals surface area contributed by atoms with E-state index in [0.717, 1.165) is 40.0 Å². The lowest BCUT2D eigenvalue weighted by atomic mass is 9.60. The summed E-state index contributed by atoms with van der Waals surface area (Å²) in [6.07, 6.45) is 21.1. The topological polar surface area (TPSA) is 98.7 Å². The quantitative estimate of drug-likeness (QED) is 0.313. The Bertz CT molecular complexity index is 1760. The first-order valence-electron chi connectivity index (χ1n) is 15.7. The van der Waals surface area contributed by atoms with Gasteiger partial charge in [-0.2, -0.15) is 0 Å². The fourth-order valence-electron chi connectivity index (χ4n) is 9.39. The van der Waals surface area contributed by atoms with E-state index >= 15 is 0 Å². The lowest BCUT2D eigenvalue weighted by molar-refractivity contribution is -0.140. The van der Waals surface area contributed by atoms with Crippen LogP contribution in [0.15, 0.2) is 114 Å². The summed E-state index contributed by atoms with van der Waals surface area (Å²) in [7, 11) is 0. The molecule has 8 rings (SSSR count). The Balaban J connectivity index is 1.27. The van der Waals surface area contributed by atoms with Gasteiger partial charge in [-0.15, -0.1) is 0 Å². The van der Waals surface area contributed by atoms with Crippen LogP contribution in [0.1, 0.15) is 60.4 Å². The second-order valence-corrected chi connectivity index (χ2v) is 13.3. The second kappa shape index (κ2) is 10.1. The van der Waals surface area contributed by atoms with Crippen molar-refractivity contribution in [1.82, 2.24) is 10.6 Å². The van der Waals surface area contributed by atoms with E-state index in [1.54, 1.807) is 0 Å². The van der Waals surface area contributed by atoms with Crippen molar-refractivity contribution in [2.75, 3.05) is 0 Å². The fourth-order valence-corrected chi connectivity index (χ4v) is 9.39. The van der Waals surface area contributed by atoms with Gasteiger partial charge in [0.05, 0.1) is 18.9 Å². The van der Waals surface area contributed by atoms with Crippen molar-refractivity contribution < 1.29 is 19.8 Å². The maximum atomic E-state index is 12.8. The van der Waals surface area contributed by atoms with Crippen molar-refractivity contribution in [2.45, 2.75) is 61.1 Å². The van der Waals surface area contributed by atoms with Crippen molar-refractivity contribution >= 4 is 17.6 Å². The standard InChI is InChI=1S/C38H36N2O4/c41-33(42)21-37(27-13-5-3-11-25(27)35-29(37)19-23-9-1-7-15-31(23)39-35)17-18-38(22-34(43)44)28-14-6-4-12-26(28)36-30(38)20-24-10-2-8-16-32(24)40-36/h1-16,19,24,30-32,36,39-40H,17-18,20-22H2,(H,41,42)(H,43,44). The number of rotatable bonds is 7. The highest BCUT2D eigenvalue weighted by atomic mass is 16.4. The van der Waals surface area contributed by atoms with Crippen LogP contribution in [0.2, 0.25) is 0 Å². The van der Waals surface area contributed by atoms with Gasteiger partial charge in [-0.05, 0) is 58.9 Å². The molecule has 7 unspecified atom stereocenters. The summed E-state index contributed by atoms with van der Waals surface area (Å²) in [6, 6.07) is 16.8. The average molecular weight is 585 g/mol. The predicted octanol–water partition coefficient (Wildman–Crippen LogP) is 6.12. The zero-order chi connectivity index (χ0) is 30.1. The van der Waals surface area contributed by atoms with Crippen molar-refractivity contribution in [3.8, 4) is 0 Å². The molecule has 222 valence electrons. The van der Waals surface area contributed by atoms with E-state index in [1.807, 2.05) is 30.4 Å². The third-order valence-electron chi connectivity index (χ3n) is 11.2. The van der Waals surface area contributed by atoms with Crippen molar-refractivity contribution in [3.05, 3.63) is 137 Å². The van der Waals surface area contributed by atoms with Crippen molar-refractivity contribution in [3.63, 3.8) is 0 Å². The van der Waals surface area contributed by atoms with Crippen LogP contribution in [-0.2, 0) is 20.4 Å². The predicted molar refractivity (Wildman–Crippen MR) is 170 cm³/mol. The highest BCUT2D eigenvalue weighted by Gasteiger charge is 2.57. The molecular formula is C38H36N2O4. The zero-order valence-electron chi connectivity index (χ0n) is 24.4. The lowest BCUT2D eigenvalue weighted by Gasteiger charge is -2.46. The molecule has 44 heavy (non-hydrogen) atoms. The van der Waals surface area contributed by atoms with Gasteiger partial charge in [0.1, 0.15) is 0 Å². The van der Waals surface area contributed by atoms with Gasteiger partial charge < -0.3 is 20.8 Å². The van der Waals surface area contributed by atoms with Gasteiger partial charge in [-0.25, -0.2) is 0 Å². The molecule has 6 heteroatoms. The molecule has 1 fully saturated rings. The van der Waals surface area contributed by atoms with E-state index in [-0.39, 0.29) is 42.8 Å². The number of carboxylic acid groups (broad SMARTS) is 2. The third-order valence-corrected chi connectivity index (χ3v) is 11.2. The normalized spacial score (nSPS) is 33.4. The summed E-state index contributed by atoms with van der Waals surface area (Å²) >= 11 is 0. The second-order valence-electron chi connectivity index (χ2n) is 13.3. The molecule has 1 saturated heterocycles. The number of aliphatic carboxylic acids is 2. The van der Waals surface area contributed by atoms with E-state index in [1.165, 1.54) is 5.56 Å². The summed E-state index contributed by atoms with van der Waals surface area (Å²) < 4.78 is 0. The van der Waals surface area contributed by atoms with E-state index < -0.39 is 22.8 Å². The molecule has 6 aliphatic rings. The molecule has 4 aliphatic carbocycles. The summed E-state index contributed by atoms with van der Waals surface area (Å²) in [5.74, 6) is -1.32. The molecule has 6 nitrogen and oxygen atoms in total. The molecule has 7 atom stereocenters. The van der Waals surface area contributed by atoms with Crippen LogP contribution in [0.4, 0.5) is 0 Å². The number of allylic oxidation sites excluding steroid dienone is 6. The van der Waals surface area contributed by atoms with E-state index in [4.69, 9.17) is 0 Å². The highest BCUT2D eigenvalue weighted by molar-refractivity contribution is 5.87. The SMILES string of the molecule is O=C(O)CC1(CCC2(CC(=O)O)c3ccccc3C3NC4C=CC=CC4CC32)C2=C(NC3C=CC=CC3=C2)c2ccccc21. The average Bonchev–Trinajstić information content (AvgIpc) is 3.44. The monoisotopic (exact) mass is 584 g/mol. The Kier molecular flexibility index (Phi) is 6.21. The molecule has 0 amide bonds. The number of carbonyl (C=O) groups is 2. The van der Waals surface area contributed by atoms with Crippen LogP contribution in [0.5, 0.6) is 0 Å². The van der Waals surface area contributed by atoms with Gasteiger partial charge in [-0.1, -0.05) is 103 Å². The van der Waals surface area contributed by atoms with Gasteiger partial charge >= 0.3 is 11.9 Å². The van der Waals surface area contributed by atoms with Gasteiger partial charge in [0.15, 0.2) is 0 Å². The molecule has 2 aliphatic heterocycles. The minimum atomic E-state index is -0.855. The Morgan fingerprint density at radius 1 is 0.841 bits per heavy atom. The Morgan fingerprint density at radius 2 is 1.59 bits per heavy atom. The number of carboxylic acids is 2. The molecule has 4 N–H and O–H groups in total. The minimum Gasteiger partial charge on any atom is -0.481 e. The molecule has 0 bridgehead atoms. The largest absolute Gasteiger partial charge is 0.481 e. The highest BCUT2D eigenvalue weighted by Crippen LogP contribution is 2.61. The molecular weight excluding hydrogens is 548 g/mol. The van der Waals surface area contributed by atoms with Crippen LogP contribution in [0.25, 0.3) is 5.70 Å². The van der Waals surface area contributed by atoms with E-state index in [2.05, 4.69) is 83.5 Å². The molecule has 2 heterocycles. The van der Waals surface area contributed by atoms with E-state index in [0.29, 0.717) is 12.8 Å². The number of hydrogen-bond acceptors (Lipinski definition) is 4. The molecule has 0 aromatic heterocycles. The summed E-state index contributed by atoms with van der Waals surface area (Å²) in [6.45, 7) is 0. The summed E-state index contributed by atoms with van der Waals surface area (Å²) in [4.78, 5) is 25.5. The number of benzene rings is 2. The Labute approximate surface area is 257 Å². The molecule has 2 aromatic rings. The molecule has 2 aromatic carbocycles. The number of piperidine rings is 1. The van der Waals surface area contributed by atoms with Crippen LogP contribution < -0.4 is 10.6 Å². The van der Waals surface area contributed by atoms with Gasteiger partial charge in [-0.3, -0.25) is 9.59 Å². The number of dihydropyridines is 1. The van der Waals surface area contributed by atoms with Gasteiger partial charge in [0.2, 0.25) is 0 Å². The molecule has 0 radical (unpaired) electrons. The lowest BCUT2D eigenvalue weighted by Crippen LogP contribution is -2.50. The van der Waals surface area contributed by atoms with Gasteiger partial charge in [0, 0.05) is 34.2 Å². The Hall–Kier alpha value is -4.42. The van der Waals surface area contributed by atoms with E-state index in [9.17, 15) is 19.8 Å². The number of nitrogens with one attached hydrogen (secondary N) is 2. The van der Waals surface area contributed by atoms with Gasteiger partial charge in [0.25, 0.3) is 0 Å². The first-order valence-corrected chi connectivity index (χ1v) is 15.7. The smallest absolute Gasteiger partial charge is 0.304 e. The fraction of sp³-hybridized carbons (Fsp3) is 0.316. The van der Waals surface area contributed by atoms with Crippen LogP contribution in [0, 0.1) is 11.8 Å². The first kappa shape index (κ1) is 27.2. The first-order chi connectivity index (χ1) is 21.4. The summed E-state index contributed by atoms with van der Waals surface area (Å²) in [5, 5.41) is 28.6. The third kappa shape index (κ3) is 3.97. The Morgan fingerprint density at radius 3 is 2.43 bits per heavy atom. The summed E-state index contributed by atoms with van der Waals surface area (Å²) in [5.41, 5.74) is 6.00. The van der Waals surface area contributed by atoms with Crippen LogP contribution in [-0.4, -0.2) is 34.2 Å². The van der Waals surface area contributed by atoms with Crippen LogP contribution in [0.3, 0.4) is 0 Å². The molecule has 0 spiro atoms. The maximum absolute atomic E-state index is 12.8. The molecule has 0 saturated carbocycles. The van der Waals surface area contributed by atoms with Crippen LogP contribution >= 0.6 is 0 Å². The number of fused-ring (bicyclic) bond motifs is 7. The number of hydrogen-bond donors (Lipinski definition) is 4. The maximum Gasteiger partial charge on any atom is 0.304 e. The zero-order valence-corrected chi connectivity index (χ0v) is 24.4. The van der Waals surface area contributed by atoms with Crippen molar-refractivity contribution in [1.29, 1.82) is 0 Å².